The molecule has 98 valence electrons. The van der Waals surface area contributed by atoms with Crippen molar-refractivity contribution in [2.75, 3.05) is 6.61 Å². The minimum Gasteiger partial charge on any atom is -0.508 e. The second-order valence-corrected chi connectivity index (χ2v) is 4.63. The predicted molar refractivity (Wildman–Crippen MR) is 68.9 cm³/mol. The lowest BCUT2D eigenvalue weighted by molar-refractivity contribution is 0.273. The second-order valence-electron chi connectivity index (χ2n) is 4.63. The molecular formula is C15H14O4. The summed E-state index contributed by atoms with van der Waals surface area (Å²) >= 11 is 0. The van der Waals surface area contributed by atoms with E-state index >= 15 is 0 Å². The molecule has 0 bridgehead atoms. The average molecular weight is 258 g/mol. The van der Waals surface area contributed by atoms with Gasteiger partial charge in [-0.15, -0.1) is 0 Å². The van der Waals surface area contributed by atoms with Crippen LogP contribution in [0.15, 0.2) is 42.5 Å². The first-order valence-corrected chi connectivity index (χ1v) is 6.03. The molecule has 4 heteroatoms. The topological polar surface area (TPSA) is 73.2 Å². The molecule has 0 spiro atoms. The van der Waals surface area contributed by atoms with Gasteiger partial charge >= 0.3 is 0 Å². The van der Waals surface area contributed by atoms with Gasteiger partial charge in [-0.2, -0.15) is 0 Å². The van der Waals surface area contributed by atoms with E-state index in [1.54, 1.807) is 42.5 Å². The van der Waals surface area contributed by atoms with Crippen molar-refractivity contribution in [1.29, 1.82) is 0 Å². The van der Waals surface area contributed by atoms with E-state index in [2.05, 4.69) is 0 Å². The predicted octanol–water partition coefficient (Wildman–Crippen LogP) is 1.86. The highest BCUT2D eigenvalue weighted by Crippen LogP contribution is 2.49. The van der Waals surface area contributed by atoms with Crippen LogP contribution in [0.4, 0.5) is 0 Å². The van der Waals surface area contributed by atoms with Gasteiger partial charge in [0, 0.05) is 11.1 Å². The van der Waals surface area contributed by atoms with Gasteiger partial charge in [0.05, 0.1) is 13.2 Å². The molecule has 1 aliphatic heterocycles. The van der Waals surface area contributed by atoms with Gasteiger partial charge in [-0.05, 0) is 17.7 Å². The highest BCUT2D eigenvalue weighted by Gasteiger charge is 2.50. The summed E-state index contributed by atoms with van der Waals surface area (Å²) in [4.78, 5) is 0. The largest absolute Gasteiger partial charge is 0.508 e. The lowest BCUT2D eigenvalue weighted by atomic mass is 9.90. The monoisotopic (exact) mass is 258 g/mol. The third-order valence-corrected chi connectivity index (χ3v) is 3.49. The van der Waals surface area contributed by atoms with Crippen molar-refractivity contribution in [2.24, 2.45) is 0 Å². The molecule has 0 amide bonds. The zero-order valence-corrected chi connectivity index (χ0v) is 10.2. The van der Waals surface area contributed by atoms with Gasteiger partial charge in [0.1, 0.15) is 17.1 Å². The van der Waals surface area contributed by atoms with Crippen LogP contribution in [0.1, 0.15) is 16.7 Å². The van der Waals surface area contributed by atoms with E-state index in [0.717, 1.165) is 5.56 Å². The summed E-state index contributed by atoms with van der Waals surface area (Å²) in [7, 11) is 0. The number of phenols is 2. The van der Waals surface area contributed by atoms with Gasteiger partial charge in [0.25, 0.3) is 0 Å². The van der Waals surface area contributed by atoms with Crippen molar-refractivity contribution in [3.63, 3.8) is 0 Å². The first kappa shape index (κ1) is 12.0. The molecule has 0 aromatic heterocycles. The summed E-state index contributed by atoms with van der Waals surface area (Å²) in [6.07, 6.45) is 0. The van der Waals surface area contributed by atoms with E-state index in [4.69, 9.17) is 4.74 Å². The molecule has 0 radical (unpaired) electrons. The van der Waals surface area contributed by atoms with E-state index in [-0.39, 0.29) is 18.1 Å². The first-order chi connectivity index (χ1) is 9.17. The van der Waals surface area contributed by atoms with Gasteiger partial charge in [0.2, 0.25) is 0 Å². The number of rotatable bonds is 3. The quantitative estimate of drug-likeness (QED) is 0.735. The number of hydrogen-bond donors (Lipinski definition) is 3. The van der Waals surface area contributed by atoms with Crippen LogP contribution in [0.3, 0.4) is 0 Å². The number of benzene rings is 2. The third kappa shape index (κ3) is 1.85. The summed E-state index contributed by atoms with van der Waals surface area (Å²) in [6.45, 7) is 0.256. The number of epoxide rings is 1. The molecule has 2 aromatic rings. The van der Waals surface area contributed by atoms with Gasteiger partial charge < -0.3 is 20.1 Å². The normalized spacial score (nSPS) is 21.3. The lowest BCUT2D eigenvalue weighted by Gasteiger charge is -2.16. The van der Waals surface area contributed by atoms with Crippen molar-refractivity contribution in [1.82, 2.24) is 0 Å². The number of ether oxygens (including phenoxy) is 1. The maximum Gasteiger partial charge on any atom is 0.145 e. The molecule has 1 fully saturated rings. The van der Waals surface area contributed by atoms with Crippen LogP contribution in [0.5, 0.6) is 11.5 Å². The highest BCUT2D eigenvalue weighted by molar-refractivity contribution is 5.51. The van der Waals surface area contributed by atoms with Crippen LogP contribution in [0.25, 0.3) is 0 Å². The molecule has 3 rings (SSSR count). The van der Waals surface area contributed by atoms with E-state index < -0.39 is 5.60 Å². The molecule has 0 saturated carbocycles. The van der Waals surface area contributed by atoms with Crippen molar-refractivity contribution in [3.8, 4) is 11.5 Å². The minimum absolute atomic E-state index is 0.0653. The van der Waals surface area contributed by atoms with Crippen molar-refractivity contribution in [3.05, 3.63) is 59.2 Å². The van der Waals surface area contributed by atoms with Crippen molar-refractivity contribution < 1.29 is 20.1 Å². The van der Waals surface area contributed by atoms with Crippen LogP contribution in [-0.2, 0) is 16.9 Å². The summed E-state index contributed by atoms with van der Waals surface area (Å²) in [5.41, 5.74) is 1.33. The lowest BCUT2D eigenvalue weighted by Crippen LogP contribution is -2.11. The molecule has 1 atom stereocenters. The molecule has 19 heavy (non-hydrogen) atoms. The minimum atomic E-state index is -0.664. The van der Waals surface area contributed by atoms with Gasteiger partial charge in [-0.25, -0.2) is 0 Å². The van der Waals surface area contributed by atoms with Crippen LogP contribution in [0, 0.1) is 0 Å². The zero-order chi connectivity index (χ0) is 13.5. The molecule has 4 nitrogen and oxygen atoms in total. The van der Waals surface area contributed by atoms with Gasteiger partial charge in [-0.1, -0.05) is 30.3 Å². The Morgan fingerprint density at radius 2 is 1.74 bits per heavy atom. The molecule has 1 aliphatic rings. The van der Waals surface area contributed by atoms with Crippen LogP contribution >= 0.6 is 0 Å². The van der Waals surface area contributed by atoms with Crippen LogP contribution < -0.4 is 0 Å². The molecule has 2 aromatic carbocycles. The molecular weight excluding hydrogens is 244 g/mol. The first-order valence-electron chi connectivity index (χ1n) is 6.03. The number of aliphatic hydroxyl groups is 1. The molecule has 1 unspecified atom stereocenters. The Hall–Kier alpha value is -2.04. The number of phenolic OH excluding ortho intramolecular Hbond substituents is 1. The number of para-hydroxylation sites is 1. The fourth-order valence-corrected chi connectivity index (χ4v) is 2.33. The Bertz CT molecular complexity index is 600. The molecule has 3 N–H and O–H groups in total. The average Bonchev–Trinajstić information content (AvgIpc) is 3.21. The maximum atomic E-state index is 10.2. The van der Waals surface area contributed by atoms with Gasteiger partial charge in [0.15, 0.2) is 0 Å². The Morgan fingerprint density at radius 1 is 1.05 bits per heavy atom. The van der Waals surface area contributed by atoms with Gasteiger partial charge in [-0.3, -0.25) is 0 Å². The maximum absolute atomic E-state index is 10.2. The van der Waals surface area contributed by atoms with Crippen LogP contribution in [0.2, 0.25) is 0 Å². The second kappa shape index (κ2) is 4.26. The number of hydrogen-bond acceptors (Lipinski definition) is 4. The molecule has 0 aliphatic carbocycles. The van der Waals surface area contributed by atoms with E-state index in [9.17, 15) is 15.3 Å². The Morgan fingerprint density at radius 3 is 2.32 bits per heavy atom. The van der Waals surface area contributed by atoms with E-state index in [1.807, 2.05) is 0 Å². The Balaban J connectivity index is 2.08. The van der Waals surface area contributed by atoms with Crippen molar-refractivity contribution >= 4 is 0 Å². The fraction of sp³-hybridized carbons (Fsp3) is 0.200. The SMILES string of the molecule is OCc1cccc(C2(c3ccc(O)cc3)CO2)c1O. The zero-order valence-electron chi connectivity index (χ0n) is 10.2. The molecule has 1 saturated heterocycles. The van der Waals surface area contributed by atoms with Crippen molar-refractivity contribution in [2.45, 2.75) is 12.2 Å². The fourth-order valence-electron chi connectivity index (χ4n) is 2.33. The van der Waals surface area contributed by atoms with E-state index in [1.165, 1.54) is 0 Å². The van der Waals surface area contributed by atoms with Crippen LogP contribution in [-0.4, -0.2) is 21.9 Å². The standard InChI is InChI=1S/C15H14O4/c16-8-10-2-1-3-13(14(10)18)15(9-19-15)11-4-6-12(17)7-5-11/h1-7,16-18H,8-9H2. The summed E-state index contributed by atoms with van der Waals surface area (Å²) < 4.78 is 5.57. The smallest absolute Gasteiger partial charge is 0.145 e. The number of aliphatic hydroxyl groups excluding tert-OH is 1. The number of aromatic hydroxyl groups is 2. The van der Waals surface area contributed by atoms with E-state index in [0.29, 0.717) is 17.7 Å². The summed E-state index contributed by atoms with van der Waals surface area (Å²) in [6, 6.07) is 12.0. The highest BCUT2D eigenvalue weighted by atomic mass is 16.6. The molecule has 1 heterocycles. The Labute approximate surface area is 110 Å². The summed E-state index contributed by atoms with van der Waals surface area (Å²) in [5, 5.41) is 28.7. The summed E-state index contributed by atoms with van der Waals surface area (Å²) in [5.74, 6) is 0.253. The third-order valence-electron chi connectivity index (χ3n) is 3.49. The Kier molecular flexibility index (Phi) is 2.69.